The molecule has 0 radical (unpaired) electrons. The van der Waals surface area contributed by atoms with Gasteiger partial charge in [-0.3, -0.25) is 9.59 Å². The molecule has 28 heavy (non-hydrogen) atoms. The molecule has 5 heteroatoms. The van der Waals surface area contributed by atoms with Gasteiger partial charge in [-0.2, -0.15) is 5.10 Å². The summed E-state index contributed by atoms with van der Waals surface area (Å²) in [6.07, 6.45) is 6.13. The number of rotatable bonds is 3. The summed E-state index contributed by atoms with van der Waals surface area (Å²) in [4.78, 5) is 27.2. The molecule has 0 atom stereocenters. The van der Waals surface area contributed by atoms with E-state index >= 15 is 0 Å². The van der Waals surface area contributed by atoms with Crippen molar-refractivity contribution in [2.24, 2.45) is 5.92 Å². The van der Waals surface area contributed by atoms with Crippen LogP contribution < -0.4 is 5.56 Å². The molecule has 1 aliphatic heterocycles. The Labute approximate surface area is 166 Å². The lowest BCUT2D eigenvalue weighted by Gasteiger charge is -2.32. The van der Waals surface area contributed by atoms with Gasteiger partial charge in [-0.15, -0.1) is 0 Å². The number of hydrogen-bond donors (Lipinski definition) is 0. The van der Waals surface area contributed by atoms with Gasteiger partial charge in [0.05, 0.1) is 5.69 Å². The minimum atomic E-state index is 0.0225. The molecule has 4 rings (SSSR count). The van der Waals surface area contributed by atoms with Gasteiger partial charge in [0.2, 0.25) is 0 Å². The number of aromatic nitrogens is 2. The quantitative estimate of drug-likeness (QED) is 0.822. The van der Waals surface area contributed by atoms with E-state index in [2.05, 4.69) is 12.0 Å². The van der Waals surface area contributed by atoms with Gasteiger partial charge in [0, 0.05) is 31.3 Å². The van der Waals surface area contributed by atoms with E-state index in [1.807, 2.05) is 30.0 Å². The zero-order valence-corrected chi connectivity index (χ0v) is 16.9. The minimum Gasteiger partial charge on any atom is -0.339 e. The fourth-order valence-electron chi connectivity index (χ4n) is 4.35. The van der Waals surface area contributed by atoms with Crippen molar-refractivity contribution in [3.8, 4) is 0 Å². The molecule has 1 aromatic carbocycles. The first-order valence-electron chi connectivity index (χ1n) is 10.5. The predicted octanol–water partition coefficient (Wildman–Crippen LogP) is 3.29. The van der Waals surface area contributed by atoms with Gasteiger partial charge in [-0.25, -0.2) is 4.68 Å². The number of aryl methyl sites for hydroxylation is 4. The largest absolute Gasteiger partial charge is 0.339 e. The average molecular weight is 380 g/mol. The molecule has 1 aliphatic carbocycles. The Kier molecular flexibility index (Phi) is 5.33. The van der Waals surface area contributed by atoms with E-state index in [-0.39, 0.29) is 11.5 Å². The van der Waals surface area contributed by atoms with Gasteiger partial charge in [0.25, 0.3) is 11.5 Å². The highest BCUT2D eigenvalue weighted by molar-refractivity contribution is 5.94. The molecule has 5 nitrogen and oxygen atoms in total. The molecular formula is C23H29N3O2. The van der Waals surface area contributed by atoms with Crippen LogP contribution in [-0.4, -0.2) is 33.7 Å². The first-order valence-corrected chi connectivity index (χ1v) is 10.5. The maximum Gasteiger partial charge on any atom is 0.267 e. The maximum atomic E-state index is 12.8. The average Bonchev–Trinajstić information content (AvgIpc) is 2.70. The van der Waals surface area contributed by atoms with E-state index in [1.165, 1.54) is 5.56 Å². The third-order valence-corrected chi connectivity index (χ3v) is 6.36. The summed E-state index contributed by atoms with van der Waals surface area (Å²) in [5, 5.41) is 4.65. The maximum absolute atomic E-state index is 12.8. The Morgan fingerprint density at radius 1 is 1.07 bits per heavy atom. The summed E-state index contributed by atoms with van der Waals surface area (Å²) >= 11 is 0. The second-order valence-corrected chi connectivity index (χ2v) is 8.38. The SMILES string of the molecule is Cc1ccc(C(=O)N2CCC(Cn3nc4c(cc3=O)CCCC4)CC2)cc1C. The molecule has 0 N–H and O–H groups in total. The Bertz CT molecular complexity index is 939. The molecule has 2 aliphatic rings. The molecule has 2 heterocycles. The third kappa shape index (κ3) is 3.89. The smallest absolute Gasteiger partial charge is 0.267 e. The Morgan fingerprint density at radius 3 is 2.57 bits per heavy atom. The summed E-state index contributed by atoms with van der Waals surface area (Å²) in [6.45, 7) is 6.26. The molecule has 1 aromatic heterocycles. The van der Waals surface area contributed by atoms with Gasteiger partial charge in [-0.1, -0.05) is 6.07 Å². The first kappa shape index (κ1) is 18.9. The monoisotopic (exact) mass is 379 g/mol. The highest BCUT2D eigenvalue weighted by Crippen LogP contribution is 2.22. The van der Waals surface area contributed by atoms with Crippen LogP contribution >= 0.6 is 0 Å². The summed E-state index contributed by atoms with van der Waals surface area (Å²) < 4.78 is 1.66. The van der Waals surface area contributed by atoms with Gasteiger partial charge < -0.3 is 4.90 Å². The molecule has 0 unspecified atom stereocenters. The van der Waals surface area contributed by atoms with Crippen molar-refractivity contribution in [1.82, 2.24) is 14.7 Å². The van der Waals surface area contributed by atoms with Crippen molar-refractivity contribution in [1.29, 1.82) is 0 Å². The summed E-state index contributed by atoms with van der Waals surface area (Å²) in [6, 6.07) is 7.72. The lowest BCUT2D eigenvalue weighted by atomic mass is 9.95. The van der Waals surface area contributed by atoms with Crippen LogP contribution in [0.4, 0.5) is 0 Å². The van der Waals surface area contributed by atoms with E-state index in [4.69, 9.17) is 0 Å². The minimum absolute atomic E-state index is 0.0225. The predicted molar refractivity (Wildman–Crippen MR) is 110 cm³/mol. The van der Waals surface area contributed by atoms with E-state index in [0.29, 0.717) is 12.5 Å². The van der Waals surface area contributed by atoms with Gasteiger partial charge in [0.15, 0.2) is 0 Å². The second-order valence-electron chi connectivity index (χ2n) is 8.38. The lowest BCUT2D eigenvalue weighted by Crippen LogP contribution is -2.40. The molecule has 1 amide bonds. The molecule has 0 spiro atoms. The molecule has 0 bridgehead atoms. The number of carbonyl (C=O) groups is 1. The van der Waals surface area contributed by atoms with Crippen LogP contribution in [0.2, 0.25) is 0 Å². The standard InChI is InChI=1S/C23H29N3O2/c1-16-7-8-20(13-17(16)2)23(28)25-11-9-18(10-12-25)15-26-22(27)14-19-5-3-4-6-21(19)24-26/h7-8,13-14,18H,3-6,9-12,15H2,1-2H3. The molecule has 0 saturated carbocycles. The van der Waals surface area contributed by atoms with Crippen molar-refractivity contribution in [3.05, 3.63) is 62.6 Å². The zero-order valence-electron chi connectivity index (χ0n) is 16.9. The molecule has 1 saturated heterocycles. The highest BCUT2D eigenvalue weighted by atomic mass is 16.2. The number of fused-ring (bicyclic) bond motifs is 1. The molecule has 1 fully saturated rings. The molecule has 2 aromatic rings. The van der Waals surface area contributed by atoms with Crippen LogP contribution in [0.3, 0.4) is 0 Å². The van der Waals surface area contributed by atoms with E-state index in [0.717, 1.165) is 74.0 Å². The van der Waals surface area contributed by atoms with Crippen molar-refractivity contribution in [2.75, 3.05) is 13.1 Å². The number of likely N-dealkylation sites (tertiary alicyclic amines) is 1. The normalized spacial score (nSPS) is 17.4. The second kappa shape index (κ2) is 7.90. The number of hydrogen-bond acceptors (Lipinski definition) is 3. The third-order valence-electron chi connectivity index (χ3n) is 6.36. The van der Waals surface area contributed by atoms with Crippen LogP contribution in [0, 0.1) is 19.8 Å². The Hall–Kier alpha value is -2.43. The number of amides is 1. The van der Waals surface area contributed by atoms with E-state index in [9.17, 15) is 9.59 Å². The van der Waals surface area contributed by atoms with E-state index in [1.54, 1.807) is 10.7 Å². The molecule has 148 valence electrons. The van der Waals surface area contributed by atoms with Crippen LogP contribution in [0.5, 0.6) is 0 Å². The van der Waals surface area contributed by atoms with Crippen molar-refractivity contribution < 1.29 is 4.79 Å². The van der Waals surface area contributed by atoms with Crippen LogP contribution in [0.25, 0.3) is 0 Å². The van der Waals surface area contributed by atoms with Crippen molar-refractivity contribution in [3.63, 3.8) is 0 Å². The summed E-state index contributed by atoms with van der Waals surface area (Å²) in [5.74, 6) is 0.515. The lowest BCUT2D eigenvalue weighted by molar-refractivity contribution is 0.0680. The number of benzene rings is 1. The fourth-order valence-corrected chi connectivity index (χ4v) is 4.35. The summed E-state index contributed by atoms with van der Waals surface area (Å²) in [5.41, 5.74) is 5.40. The van der Waals surface area contributed by atoms with Gasteiger partial charge >= 0.3 is 0 Å². The fraction of sp³-hybridized carbons (Fsp3) is 0.522. The number of carbonyl (C=O) groups excluding carboxylic acids is 1. The van der Waals surface area contributed by atoms with Crippen molar-refractivity contribution in [2.45, 2.75) is 58.9 Å². The van der Waals surface area contributed by atoms with Crippen molar-refractivity contribution >= 4 is 5.91 Å². The Balaban J connectivity index is 1.38. The van der Waals surface area contributed by atoms with Gasteiger partial charge in [-0.05, 0) is 87.1 Å². The number of nitrogens with zero attached hydrogens (tertiary/aromatic N) is 3. The highest BCUT2D eigenvalue weighted by Gasteiger charge is 2.25. The molecular weight excluding hydrogens is 350 g/mol. The van der Waals surface area contributed by atoms with E-state index < -0.39 is 0 Å². The van der Waals surface area contributed by atoms with Gasteiger partial charge in [0.1, 0.15) is 0 Å². The zero-order chi connectivity index (χ0) is 19.7. The summed E-state index contributed by atoms with van der Waals surface area (Å²) in [7, 11) is 0. The Morgan fingerprint density at radius 2 is 1.82 bits per heavy atom. The van der Waals surface area contributed by atoms with Crippen LogP contribution in [0.15, 0.2) is 29.1 Å². The topological polar surface area (TPSA) is 55.2 Å². The van der Waals surface area contributed by atoms with Crippen LogP contribution in [-0.2, 0) is 19.4 Å². The first-order chi connectivity index (χ1) is 13.5. The van der Waals surface area contributed by atoms with Crippen LogP contribution in [0.1, 0.15) is 58.4 Å². The number of piperidine rings is 1.